The second kappa shape index (κ2) is 8.95. The number of hydrogen-bond acceptors (Lipinski definition) is 5. The van der Waals surface area contributed by atoms with Crippen molar-refractivity contribution < 1.29 is 14.7 Å². The molecule has 3 aliphatic rings. The van der Waals surface area contributed by atoms with E-state index in [1.807, 2.05) is 13.0 Å². The van der Waals surface area contributed by atoms with Crippen LogP contribution < -0.4 is 5.32 Å². The summed E-state index contributed by atoms with van der Waals surface area (Å²) in [6, 6.07) is 4.14. The number of rotatable bonds is 5. The van der Waals surface area contributed by atoms with Gasteiger partial charge in [0.1, 0.15) is 11.5 Å². The topological polar surface area (TPSA) is 79.3 Å². The quantitative estimate of drug-likeness (QED) is 0.413. The summed E-state index contributed by atoms with van der Waals surface area (Å²) in [5.74, 6) is 2.58. The fourth-order valence-electron chi connectivity index (χ4n) is 7.02. The Morgan fingerprint density at radius 3 is 2.94 bits per heavy atom. The Bertz CT molecular complexity index is 1100. The average Bonchev–Trinajstić information content (AvgIpc) is 3.28. The third kappa shape index (κ3) is 4.24. The molecule has 2 N–H and O–H groups in total. The number of phenolic OH excluding ortho intramolecular Hbond substituents is 1. The van der Waals surface area contributed by atoms with E-state index in [9.17, 15) is 14.7 Å². The number of aromatic hydroxyl groups is 1. The summed E-state index contributed by atoms with van der Waals surface area (Å²) >= 11 is 3.72. The molecule has 1 amide bonds. The molecule has 0 aliphatic heterocycles. The number of aryl methyl sites for hydroxylation is 2. The number of Topliss-reactive ketones (excluding diaryl/α,β-unsaturated/α-hetero) is 1. The molecule has 5 nitrogen and oxygen atoms in total. The van der Waals surface area contributed by atoms with E-state index < -0.39 is 0 Å². The van der Waals surface area contributed by atoms with Crippen molar-refractivity contribution in [2.24, 2.45) is 23.2 Å². The van der Waals surface area contributed by atoms with Crippen molar-refractivity contribution in [2.75, 3.05) is 5.32 Å². The van der Waals surface area contributed by atoms with Crippen molar-refractivity contribution in [3.8, 4) is 5.75 Å². The maximum absolute atomic E-state index is 13.2. The van der Waals surface area contributed by atoms with Crippen LogP contribution in [0.25, 0.3) is 0 Å². The van der Waals surface area contributed by atoms with Gasteiger partial charge in [0.05, 0.1) is 3.57 Å². The van der Waals surface area contributed by atoms with Crippen molar-refractivity contribution in [1.29, 1.82) is 0 Å². The summed E-state index contributed by atoms with van der Waals surface area (Å²) in [5.41, 5.74) is 2.47. The first-order valence-corrected chi connectivity index (χ1v) is 13.9. The fraction of sp³-hybridized carbons (Fsp3) is 0.577. The lowest BCUT2D eigenvalue weighted by molar-refractivity contribution is -0.129. The molecular weight excluding hydrogens is 547 g/mol. The number of ketones is 1. The first kappa shape index (κ1) is 23.3. The first-order valence-electron chi connectivity index (χ1n) is 12.0. The maximum Gasteiger partial charge on any atom is 0.226 e. The highest BCUT2D eigenvalue weighted by molar-refractivity contribution is 14.1. The predicted molar refractivity (Wildman–Crippen MR) is 139 cm³/mol. The zero-order valence-electron chi connectivity index (χ0n) is 19.2. The Labute approximate surface area is 212 Å². The minimum absolute atomic E-state index is 0.0129. The number of halogens is 1. The smallest absolute Gasteiger partial charge is 0.226 e. The molecule has 33 heavy (non-hydrogen) atoms. The van der Waals surface area contributed by atoms with Gasteiger partial charge in [0, 0.05) is 29.3 Å². The lowest BCUT2D eigenvalue weighted by atomic mass is 9.54. The van der Waals surface area contributed by atoms with Crippen LogP contribution in [0.1, 0.15) is 73.8 Å². The molecule has 7 heteroatoms. The molecule has 3 aliphatic carbocycles. The van der Waals surface area contributed by atoms with Crippen LogP contribution in [0.15, 0.2) is 18.3 Å². The molecule has 1 aromatic carbocycles. The van der Waals surface area contributed by atoms with E-state index in [0.717, 1.165) is 47.0 Å². The number of fused-ring (bicyclic) bond motifs is 5. The molecule has 5 rings (SSSR count). The molecule has 0 bridgehead atoms. The summed E-state index contributed by atoms with van der Waals surface area (Å²) < 4.78 is 0.917. The van der Waals surface area contributed by atoms with Gasteiger partial charge < -0.3 is 10.4 Å². The molecule has 1 heterocycles. The Kier molecular flexibility index (Phi) is 6.31. The number of aromatic nitrogens is 1. The van der Waals surface area contributed by atoms with Gasteiger partial charge in [-0.3, -0.25) is 9.59 Å². The van der Waals surface area contributed by atoms with Crippen molar-refractivity contribution in [2.45, 2.75) is 71.1 Å². The summed E-state index contributed by atoms with van der Waals surface area (Å²) in [5, 5.41) is 13.8. The molecule has 2 saturated carbocycles. The zero-order chi connectivity index (χ0) is 23.3. The van der Waals surface area contributed by atoms with Crippen molar-refractivity contribution >= 4 is 50.7 Å². The van der Waals surface area contributed by atoms with E-state index in [4.69, 9.17) is 0 Å². The number of carbonyl (C=O) groups is 2. The van der Waals surface area contributed by atoms with E-state index in [1.54, 1.807) is 6.20 Å². The second-order valence-electron chi connectivity index (χ2n) is 10.4. The summed E-state index contributed by atoms with van der Waals surface area (Å²) in [4.78, 5) is 30.9. The first-order chi connectivity index (χ1) is 15.8. The van der Waals surface area contributed by atoms with E-state index in [-0.39, 0.29) is 11.3 Å². The van der Waals surface area contributed by atoms with Crippen molar-refractivity contribution in [3.63, 3.8) is 0 Å². The number of amides is 1. The molecule has 2 fully saturated rings. The number of nitrogens with one attached hydrogen (secondary N) is 1. The molecule has 0 saturated heterocycles. The van der Waals surface area contributed by atoms with Crippen LogP contribution in [0, 0.1) is 33.7 Å². The van der Waals surface area contributed by atoms with Gasteiger partial charge in [0.25, 0.3) is 0 Å². The van der Waals surface area contributed by atoms with E-state index >= 15 is 0 Å². The van der Waals surface area contributed by atoms with E-state index in [0.29, 0.717) is 53.2 Å². The Morgan fingerprint density at radius 1 is 1.36 bits per heavy atom. The van der Waals surface area contributed by atoms with Gasteiger partial charge >= 0.3 is 0 Å². The molecule has 3 unspecified atom stereocenters. The standard InChI is InChI=1S/C26H31IN2O3S/c1-14-13-28-25(33-14)29-23(32)5-3-4-16-11-22(31)26(2)9-8-17-18(24(16)26)7-6-15-10-21(30)20(27)12-19(15)17/h10,12-13,16-18,24,30H,3-9,11H2,1-2H3,(H,28,29,32)/t16-,17?,18?,24?,26-/m1/s1. The van der Waals surface area contributed by atoms with Crippen LogP contribution in [0.2, 0.25) is 0 Å². The molecular formula is C26H31IN2O3S. The molecule has 0 spiro atoms. The number of carbonyl (C=O) groups excluding carboxylic acids is 2. The monoisotopic (exact) mass is 578 g/mol. The Balaban J connectivity index is 1.29. The summed E-state index contributed by atoms with van der Waals surface area (Å²) in [6.07, 6.45) is 8.72. The number of thiazole rings is 1. The molecule has 5 atom stereocenters. The van der Waals surface area contributed by atoms with E-state index in [2.05, 4.69) is 45.9 Å². The highest BCUT2D eigenvalue weighted by Crippen LogP contribution is 2.62. The van der Waals surface area contributed by atoms with Crippen molar-refractivity contribution in [1.82, 2.24) is 4.98 Å². The minimum Gasteiger partial charge on any atom is -0.507 e. The lowest BCUT2D eigenvalue weighted by Crippen LogP contribution is -2.44. The van der Waals surface area contributed by atoms with Crippen LogP contribution in [0.5, 0.6) is 5.75 Å². The molecule has 2 aromatic rings. The number of phenols is 1. The van der Waals surface area contributed by atoms with Gasteiger partial charge in [-0.2, -0.15) is 0 Å². The zero-order valence-corrected chi connectivity index (χ0v) is 22.2. The highest BCUT2D eigenvalue weighted by Gasteiger charge is 2.58. The second-order valence-corrected chi connectivity index (χ2v) is 12.8. The fourth-order valence-corrected chi connectivity index (χ4v) is 8.20. The van der Waals surface area contributed by atoms with Crippen molar-refractivity contribution in [3.05, 3.63) is 37.9 Å². The largest absolute Gasteiger partial charge is 0.507 e. The van der Waals surface area contributed by atoms with Crippen LogP contribution in [-0.2, 0) is 16.0 Å². The minimum atomic E-state index is -0.214. The molecule has 1 aromatic heterocycles. The Morgan fingerprint density at radius 2 is 2.18 bits per heavy atom. The Hall–Kier alpha value is -1.48. The lowest BCUT2D eigenvalue weighted by Gasteiger charge is -2.50. The molecule has 0 radical (unpaired) electrons. The van der Waals surface area contributed by atoms with Crippen LogP contribution in [0.4, 0.5) is 5.13 Å². The van der Waals surface area contributed by atoms with Gasteiger partial charge in [-0.15, -0.1) is 11.3 Å². The van der Waals surface area contributed by atoms with Crippen LogP contribution >= 0.6 is 33.9 Å². The van der Waals surface area contributed by atoms with Gasteiger partial charge in [0.2, 0.25) is 5.91 Å². The summed E-state index contributed by atoms with van der Waals surface area (Å²) in [6.45, 7) is 4.19. The van der Waals surface area contributed by atoms with Crippen LogP contribution in [-0.4, -0.2) is 21.8 Å². The van der Waals surface area contributed by atoms with Gasteiger partial charge in [-0.25, -0.2) is 4.98 Å². The number of anilines is 1. The average molecular weight is 579 g/mol. The third-order valence-corrected chi connectivity index (χ3v) is 10.2. The highest BCUT2D eigenvalue weighted by atomic mass is 127. The number of benzene rings is 1. The third-order valence-electron chi connectivity index (χ3n) is 8.48. The van der Waals surface area contributed by atoms with Gasteiger partial charge in [-0.1, -0.05) is 6.92 Å². The normalized spacial score (nSPS) is 30.5. The van der Waals surface area contributed by atoms with Crippen LogP contribution in [0.3, 0.4) is 0 Å². The maximum atomic E-state index is 13.2. The number of hydrogen-bond donors (Lipinski definition) is 2. The summed E-state index contributed by atoms with van der Waals surface area (Å²) in [7, 11) is 0. The van der Waals surface area contributed by atoms with E-state index in [1.165, 1.54) is 22.5 Å². The predicted octanol–water partition coefficient (Wildman–Crippen LogP) is 6.22. The SMILES string of the molecule is Cc1cnc(NC(=O)CCC[C@@H]2CC(=O)[C@@]3(C)CCC4c5cc(I)c(O)cc5CCC4C23)s1. The van der Waals surface area contributed by atoms with Gasteiger partial charge in [-0.05, 0) is 115 Å². The number of nitrogens with zero attached hydrogens (tertiary/aromatic N) is 1. The van der Waals surface area contributed by atoms with Gasteiger partial charge in [0.15, 0.2) is 5.13 Å². The molecule has 176 valence electrons.